The Bertz CT molecular complexity index is 1100. The average molecular weight is 399 g/mol. The van der Waals surface area contributed by atoms with E-state index in [0.717, 1.165) is 5.69 Å². The molecular formula is C19H12F3N5O2. The van der Waals surface area contributed by atoms with Gasteiger partial charge in [-0.15, -0.1) is 0 Å². The monoisotopic (exact) mass is 399 g/mol. The van der Waals surface area contributed by atoms with Crippen LogP contribution in [0.5, 0.6) is 0 Å². The third-order valence-corrected chi connectivity index (χ3v) is 4.54. The molecule has 1 aliphatic heterocycles. The molecule has 2 aromatic heterocycles. The summed E-state index contributed by atoms with van der Waals surface area (Å²) in [5.74, 6) is -1.86. The van der Waals surface area contributed by atoms with Gasteiger partial charge in [0.05, 0.1) is 5.56 Å². The fourth-order valence-electron chi connectivity index (χ4n) is 2.97. The molecule has 1 aromatic carbocycles. The number of halogens is 3. The molecule has 1 aliphatic rings. The number of aromatic nitrogens is 3. The van der Waals surface area contributed by atoms with Crippen molar-refractivity contribution in [2.45, 2.75) is 12.1 Å². The van der Waals surface area contributed by atoms with Crippen LogP contribution in [0.25, 0.3) is 11.4 Å². The molecule has 3 aromatic rings. The van der Waals surface area contributed by atoms with Crippen LogP contribution in [-0.4, -0.2) is 39.0 Å². The predicted octanol–water partition coefficient (Wildman–Crippen LogP) is 3.26. The zero-order chi connectivity index (χ0) is 20.6. The smallest absolute Gasteiger partial charge is 0.337 e. The van der Waals surface area contributed by atoms with Crippen LogP contribution in [0, 0.1) is 11.3 Å². The molecule has 0 unspecified atom stereocenters. The molecule has 1 saturated heterocycles. The lowest BCUT2D eigenvalue weighted by molar-refractivity contribution is -0.159. The number of hydrogen-bond acceptors (Lipinski definition) is 6. The van der Waals surface area contributed by atoms with Gasteiger partial charge in [0, 0.05) is 42.0 Å². The van der Waals surface area contributed by atoms with Gasteiger partial charge < -0.3 is 9.42 Å². The van der Waals surface area contributed by atoms with Crippen molar-refractivity contribution in [1.82, 2.24) is 20.0 Å². The SMILES string of the molecule is N#Cc1ccc(C2CN(C(=O)c3cccc(-c4noc(C(F)(F)F)n4)c3)C2)nc1. The van der Waals surface area contributed by atoms with Crippen molar-refractivity contribution in [2.75, 3.05) is 13.1 Å². The van der Waals surface area contributed by atoms with E-state index >= 15 is 0 Å². The molecule has 7 nitrogen and oxygen atoms in total. The van der Waals surface area contributed by atoms with Crippen molar-refractivity contribution in [3.05, 3.63) is 65.3 Å². The van der Waals surface area contributed by atoms with E-state index in [1.54, 1.807) is 29.2 Å². The second kappa shape index (κ2) is 7.01. The van der Waals surface area contributed by atoms with Gasteiger partial charge in [-0.3, -0.25) is 9.78 Å². The topological polar surface area (TPSA) is 95.9 Å². The second-order valence-electron chi connectivity index (χ2n) is 6.49. The molecule has 0 aliphatic carbocycles. The number of carbonyl (C=O) groups excluding carboxylic acids is 1. The summed E-state index contributed by atoms with van der Waals surface area (Å²) < 4.78 is 42.1. The zero-order valence-corrected chi connectivity index (χ0v) is 14.7. The third kappa shape index (κ3) is 3.67. The van der Waals surface area contributed by atoms with Crippen LogP contribution < -0.4 is 0 Å². The molecule has 146 valence electrons. The second-order valence-corrected chi connectivity index (χ2v) is 6.49. The Balaban J connectivity index is 1.46. The summed E-state index contributed by atoms with van der Waals surface area (Å²) >= 11 is 0. The minimum atomic E-state index is -4.73. The Morgan fingerprint density at radius 3 is 2.66 bits per heavy atom. The molecule has 0 spiro atoms. The van der Waals surface area contributed by atoms with E-state index in [0.29, 0.717) is 24.2 Å². The summed E-state index contributed by atoms with van der Waals surface area (Å²) in [7, 11) is 0. The zero-order valence-electron chi connectivity index (χ0n) is 14.7. The van der Waals surface area contributed by atoms with Crippen molar-refractivity contribution >= 4 is 5.91 Å². The molecule has 3 heterocycles. The third-order valence-electron chi connectivity index (χ3n) is 4.54. The molecule has 1 amide bonds. The standard InChI is InChI=1S/C19H12F3N5O2/c20-19(21,22)18-25-16(26-29-18)12-2-1-3-13(6-12)17(28)27-9-14(10-27)15-5-4-11(7-23)8-24-15/h1-6,8,14H,9-10H2. The summed E-state index contributed by atoms with van der Waals surface area (Å²) in [6, 6.07) is 11.5. The van der Waals surface area contributed by atoms with Crippen LogP contribution in [0.1, 0.15) is 33.4 Å². The van der Waals surface area contributed by atoms with Gasteiger partial charge in [0.25, 0.3) is 5.91 Å². The first-order valence-electron chi connectivity index (χ1n) is 8.52. The van der Waals surface area contributed by atoms with Crippen molar-refractivity contribution < 1.29 is 22.5 Å². The predicted molar refractivity (Wildman–Crippen MR) is 92.3 cm³/mol. The summed E-state index contributed by atoms with van der Waals surface area (Å²) in [6.07, 6.45) is -3.24. The fraction of sp³-hybridized carbons (Fsp3) is 0.211. The van der Waals surface area contributed by atoms with Gasteiger partial charge in [-0.05, 0) is 24.3 Å². The molecule has 0 saturated carbocycles. The largest absolute Gasteiger partial charge is 0.471 e. The van der Waals surface area contributed by atoms with Crippen molar-refractivity contribution in [3.8, 4) is 17.5 Å². The van der Waals surface area contributed by atoms with Gasteiger partial charge in [0.1, 0.15) is 6.07 Å². The summed E-state index contributed by atoms with van der Waals surface area (Å²) in [5, 5.41) is 12.1. The number of rotatable bonds is 3. The molecule has 10 heteroatoms. The lowest BCUT2D eigenvalue weighted by atomic mass is 9.94. The maximum atomic E-state index is 12.7. The number of hydrogen-bond donors (Lipinski definition) is 0. The van der Waals surface area contributed by atoms with Crippen molar-refractivity contribution in [1.29, 1.82) is 5.26 Å². The Labute approximate surface area is 162 Å². The highest BCUT2D eigenvalue weighted by molar-refractivity contribution is 5.95. The first-order valence-corrected chi connectivity index (χ1v) is 8.52. The molecular weight excluding hydrogens is 387 g/mol. The number of carbonyl (C=O) groups is 1. The highest BCUT2D eigenvalue weighted by Crippen LogP contribution is 2.30. The van der Waals surface area contributed by atoms with Crippen LogP contribution in [-0.2, 0) is 6.18 Å². The van der Waals surface area contributed by atoms with E-state index in [4.69, 9.17) is 5.26 Å². The van der Waals surface area contributed by atoms with Crippen LogP contribution in [0.3, 0.4) is 0 Å². The number of nitriles is 1. The molecule has 0 radical (unpaired) electrons. The van der Waals surface area contributed by atoms with E-state index in [2.05, 4.69) is 19.6 Å². The van der Waals surface area contributed by atoms with Crippen LogP contribution in [0.15, 0.2) is 47.1 Å². The first kappa shape index (κ1) is 18.6. The summed E-state index contributed by atoms with van der Waals surface area (Å²) in [4.78, 5) is 21.9. The Morgan fingerprint density at radius 2 is 2.03 bits per heavy atom. The number of alkyl halides is 3. The minimum Gasteiger partial charge on any atom is -0.337 e. The highest BCUT2D eigenvalue weighted by atomic mass is 19.4. The van der Waals surface area contributed by atoms with Gasteiger partial charge in [0.2, 0.25) is 5.82 Å². The molecule has 0 bridgehead atoms. The number of likely N-dealkylation sites (tertiary alicyclic amines) is 1. The molecule has 0 N–H and O–H groups in total. The fourth-order valence-corrected chi connectivity index (χ4v) is 2.97. The molecule has 0 atom stereocenters. The van der Waals surface area contributed by atoms with Gasteiger partial charge in [-0.25, -0.2) is 0 Å². The Kier molecular flexibility index (Phi) is 4.50. The molecule has 4 rings (SSSR count). The van der Waals surface area contributed by atoms with E-state index in [1.807, 2.05) is 6.07 Å². The average Bonchev–Trinajstić information content (AvgIpc) is 3.18. The van der Waals surface area contributed by atoms with Crippen LogP contribution >= 0.6 is 0 Å². The summed E-state index contributed by atoms with van der Waals surface area (Å²) in [6.45, 7) is 0.921. The number of nitrogens with zero attached hydrogens (tertiary/aromatic N) is 5. The van der Waals surface area contributed by atoms with E-state index in [1.165, 1.54) is 18.3 Å². The number of amides is 1. The van der Waals surface area contributed by atoms with Crippen LogP contribution in [0.2, 0.25) is 0 Å². The minimum absolute atomic E-state index is 0.0708. The normalized spacial score (nSPS) is 14.3. The quantitative estimate of drug-likeness (QED) is 0.671. The van der Waals surface area contributed by atoms with Crippen molar-refractivity contribution in [3.63, 3.8) is 0 Å². The lowest BCUT2D eigenvalue weighted by Gasteiger charge is -2.39. The van der Waals surface area contributed by atoms with E-state index in [9.17, 15) is 18.0 Å². The maximum Gasteiger partial charge on any atom is 0.471 e. The number of benzene rings is 1. The van der Waals surface area contributed by atoms with Gasteiger partial charge in [-0.1, -0.05) is 17.3 Å². The molecule has 1 fully saturated rings. The highest BCUT2D eigenvalue weighted by Gasteiger charge is 2.38. The van der Waals surface area contributed by atoms with Crippen LogP contribution in [0.4, 0.5) is 13.2 Å². The Morgan fingerprint density at radius 1 is 1.24 bits per heavy atom. The lowest BCUT2D eigenvalue weighted by Crippen LogP contribution is -2.48. The van der Waals surface area contributed by atoms with Gasteiger partial charge in [0.15, 0.2) is 0 Å². The Hall–Kier alpha value is -3.74. The molecule has 29 heavy (non-hydrogen) atoms. The maximum absolute atomic E-state index is 12.7. The van der Waals surface area contributed by atoms with Gasteiger partial charge in [-0.2, -0.15) is 23.4 Å². The van der Waals surface area contributed by atoms with Crippen molar-refractivity contribution in [2.24, 2.45) is 0 Å². The first-order chi connectivity index (χ1) is 13.8. The summed E-state index contributed by atoms with van der Waals surface area (Å²) in [5.41, 5.74) is 1.83. The van der Waals surface area contributed by atoms with E-state index < -0.39 is 12.1 Å². The van der Waals surface area contributed by atoms with E-state index in [-0.39, 0.29) is 23.2 Å². The number of pyridine rings is 1. The van der Waals surface area contributed by atoms with Gasteiger partial charge >= 0.3 is 12.1 Å².